The molecule has 1 aromatic carbocycles. The number of para-hydroxylation sites is 1. The summed E-state index contributed by atoms with van der Waals surface area (Å²) in [5.74, 6) is 0. The second-order valence-electron chi connectivity index (χ2n) is 5.35. The van der Waals surface area contributed by atoms with Crippen molar-refractivity contribution in [1.82, 2.24) is 9.88 Å². The average Bonchev–Trinajstić information content (AvgIpc) is 2.48. The van der Waals surface area contributed by atoms with Gasteiger partial charge in [0, 0.05) is 24.5 Å². The van der Waals surface area contributed by atoms with Gasteiger partial charge in [-0.3, -0.25) is 9.88 Å². The molecule has 1 aromatic heterocycles. The first-order chi connectivity index (χ1) is 9.36. The molecule has 1 aliphatic heterocycles. The quantitative estimate of drug-likeness (QED) is 0.916. The number of piperidine rings is 1. The van der Waals surface area contributed by atoms with Gasteiger partial charge < -0.3 is 5.73 Å². The Morgan fingerprint density at radius 1 is 1.16 bits per heavy atom. The van der Waals surface area contributed by atoms with Crippen molar-refractivity contribution in [2.75, 3.05) is 13.1 Å². The summed E-state index contributed by atoms with van der Waals surface area (Å²) in [6, 6.07) is 13.1. The summed E-state index contributed by atoms with van der Waals surface area (Å²) in [4.78, 5) is 7.24. The van der Waals surface area contributed by atoms with Crippen LogP contribution in [-0.2, 0) is 6.54 Å². The molecule has 3 nitrogen and oxygen atoms in total. The lowest BCUT2D eigenvalue weighted by molar-refractivity contribution is 0.143. The van der Waals surface area contributed by atoms with Gasteiger partial charge in [0.05, 0.1) is 11.2 Å². The van der Waals surface area contributed by atoms with Crippen LogP contribution in [0, 0.1) is 0 Å². The molecule has 3 heteroatoms. The minimum Gasteiger partial charge on any atom is -0.329 e. The zero-order valence-electron chi connectivity index (χ0n) is 11.3. The third-order valence-corrected chi connectivity index (χ3v) is 4.04. The maximum absolute atomic E-state index is 5.88. The SMILES string of the molecule is NCC1CCCCN1Cc1ccc2ccccc2n1. The molecule has 0 bridgehead atoms. The predicted molar refractivity (Wildman–Crippen MR) is 78.8 cm³/mol. The van der Waals surface area contributed by atoms with Crippen LogP contribution in [0.1, 0.15) is 25.0 Å². The number of rotatable bonds is 3. The molecule has 2 N–H and O–H groups in total. The molecule has 19 heavy (non-hydrogen) atoms. The lowest BCUT2D eigenvalue weighted by atomic mass is 10.0. The van der Waals surface area contributed by atoms with Crippen molar-refractivity contribution in [1.29, 1.82) is 0 Å². The number of fused-ring (bicyclic) bond motifs is 1. The number of hydrogen-bond donors (Lipinski definition) is 1. The Labute approximate surface area is 114 Å². The van der Waals surface area contributed by atoms with E-state index >= 15 is 0 Å². The van der Waals surface area contributed by atoms with Gasteiger partial charge in [-0.05, 0) is 31.5 Å². The van der Waals surface area contributed by atoms with Crippen molar-refractivity contribution in [3.8, 4) is 0 Å². The van der Waals surface area contributed by atoms with Crippen molar-refractivity contribution in [2.45, 2.75) is 31.8 Å². The molecule has 1 atom stereocenters. The molecule has 0 aliphatic carbocycles. The highest BCUT2D eigenvalue weighted by atomic mass is 15.2. The Hall–Kier alpha value is -1.45. The predicted octanol–water partition coefficient (Wildman–Crippen LogP) is 2.55. The number of benzene rings is 1. The number of nitrogens with zero attached hydrogens (tertiary/aromatic N) is 2. The summed E-state index contributed by atoms with van der Waals surface area (Å²) in [6.07, 6.45) is 3.82. The maximum atomic E-state index is 5.88. The first kappa shape index (κ1) is 12.6. The molecule has 1 saturated heterocycles. The van der Waals surface area contributed by atoms with E-state index in [0.29, 0.717) is 6.04 Å². The van der Waals surface area contributed by atoms with Gasteiger partial charge in [0.2, 0.25) is 0 Å². The van der Waals surface area contributed by atoms with E-state index in [9.17, 15) is 0 Å². The highest BCUT2D eigenvalue weighted by Gasteiger charge is 2.21. The fourth-order valence-electron chi connectivity index (χ4n) is 2.94. The number of pyridine rings is 1. The molecule has 1 fully saturated rings. The van der Waals surface area contributed by atoms with Crippen molar-refractivity contribution in [2.24, 2.45) is 5.73 Å². The highest BCUT2D eigenvalue weighted by molar-refractivity contribution is 5.78. The molecular formula is C16H21N3. The van der Waals surface area contributed by atoms with Crippen molar-refractivity contribution < 1.29 is 0 Å². The summed E-state index contributed by atoms with van der Waals surface area (Å²) < 4.78 is 0. The maximum Gasteiger partial charge on any atom is 0.0705 e. The van der Waals surface area contributed by atoms with Gasteiger partial charge >= 0.3 is 0 Å². The van der Waals surface area contributed by atoms with Crippen LogP contribution in [0.3, 0.4) is 0 Å². The number of hydrogen-bond acceptors (Lipinski definition) is 3. The van der Waals surface area contributed by atoms with Gasteiger partial charge in [-0.15, -0.1) is 0 Å². The van der Waals surface area contributed by atoms with E-state index in [0.717, 1.165) is 30.8 Å². The summed E-state index contributed by atoms with van der Waals surface area (Å²) in [5.41, 5.74) is 8.11. The molecule has 100 valence electrons. The zero-order chi connectivity index (χ0) is 13.1. The monoisotopic (exact) mass is 255 g/mol. The molecule has 1 aliphatic rings. The zero-order valence-corrected chi connectivity index (χ0v) is 11.3. The molecule has 3 rings (SSSR count). The largest absolute Gasteiger partial charge is 0.329 e. The molecule has 0 radical (unpaired) electrons. The molecular weight excluding hydrogens is 234 g/mol. The molecule has 0 amide bonds. The Balaban J connectivity index is 1.80. The summed E-state index contributed by atoms with van der Waals surface area (Å²) in [5, 5.41) is 1.21. The smallest absolute Gasteiger partial charge is 0.0705 e. The standard InChI is InChI=1S/C16H21N3/c17-11-15-6-3-4-10-19(15)12-14-9-8-13-5-1-2-7-16(13)18-14/h1-2,5,7-9,15H,3-4,6,10-12,17H2. The van der Waals surface area contributed by atoms with Gasteiger partial charge in [-0.2, -0.15) is 0 Å². The number of aromatic nitrogens is 1. The molecule has 2 heterocycles. The molecule has 2 aromatic rings. The van der Waals surface area contributed by atoms with Gasteiger partial charge in [0.25, 0.3) is 0 Å². The molecule has 1 unspecified atom stereocenters. The van der Waals surface area contributed by atoms with E-state index in [1.165, 1.54) is 24.6 Å². The van der Waals surface area contributed by atoms with Crippen molar-refractivity contribution in [3.63, 3.8) is 0 Å². The lowest BCUT2D eigenvalue weighted by Crippen LogP contribution is -2.43. The highest BCUT2D eigenvalue weighted by Crippen LogP contribution is 2.19. The Morgan fingerprint density at radius 3 is 2.95 bits per heavy atom. The van der Waals surface area contributed by atoms with E-state index in [1.54, 1.807) is 0 Å². The number of likely N-dealkylation sites (tertiary alicyclic amines) is 1. The summed E-state index contributed by atoms with van der Waals surface area (Å²) in [7, 11) is 0. The van der Waals surface area contributed by atoms with E-state index in [1.807, 2.05) is 6.07 Å². The first-order valence-corrected chi connectivity index (χ1v) is 7.15. The Morgan fingerprint density at radius 2 is 2.05 bits per heavy atom. The van der Waals surface area contributed by atoms with Crippen LogP contribution in [0.25, 0.3) is 10.9 Å². The van der Waals surface area contributed by atoms with Gasteiger partial charge in [0.1, 0.15) is 0 Å². The number of nitrogens with two attached hydrogens (primary N) is 1. The van der Waals surface area contributed by atoms with E-state index in [4.69, 9.17) is 10.7 Å². The van der Waals surface area contributed by atoms with E-state index in [-0.39, 0.29) is 0 Å². The summed E-state index contributed by atoms with van der Waals surface area (Å²) in [6.45, 7) is 2.83. The van der Waals surface area contributed by atoms with Gasteiger partial charge in [0.15, 0.2) is 0 Å². The van der Waals surface area contributed by atoms with Crippen LogP contribution in [0.5, 0.6) is 0 Å². The minimum absolute atomic E-state index is 0.530. The third-order valence-electron chi connectivity index (χ3n) is 4.04. The van der Waals surface area contributed by atoms with E-state index in [2.05, 4.69) is 35.2 Å². The van der Waals surface area contributed by atoms with Crippen LogP contribution in [0.2, 0.25) is 0 Å². The second kappa shape index (κ2) is 5.68. The fraction of sp³-hybridized carbons (Fsp3) is 0.438. The molecule has 0 saturated carbocycles. The van der Waals surface area contributed by atoms with Crippen molar-refractivity contribution >= 4 is 10.9 Å². The Kier molecular flexibility index (Phi) is 3.76. The Bertz CT molecular complexity index is 552. The van der Waals surface area contributed by atoms with Crippen LogP contribution in [0.15, 0.2) is 36.4 Å². The van der Waals surface area contributed by atoms with Gasteiger partial charge in [-0.25, -0.2) is 0 Å². The third kappa shape index (κ3) is 2.77. The lowest BCUT2D eigenvalue weighted by Gasteiger charge is -2.34. The van der Waals surface area contributed by atoms with Crippen LogP contribution in [-0.4, -0.2) is 29.0 Å². The topological polar surface area (TPSA) is 42.1 Å². The molecule has 0 spiro atoms. The van der Waals surface area contributed by atoms with E-state index < -0.39 is 0 Å². The second-order valence-corrected chi connectivity index (χ2v) is 5.35. The van der Waals surface area contributed by atoms with Crippen LogP contribution in [0.4, 0.5) is 0 Å². The average molecular weight is 255 g/mol. The normalized spacial score (nSPS) is 20.8. The van der Waals surface area contributed by atoms with Crippen LogP contribution >= 0.6 is 0 Å². The van der Waals surface area contributed by atoms with Crippen LogP contribution < -0.4 is 5.73 Å². The minimum atomic E-state index is 0.530. The van der Waals surface area contributed by atoms with Gasteiger partial charge in [-0.1, -0.05) is 30.7 Å². The summed E-state index contributed by atoms with van der Waals surface area (Å²) >= 11 is 0. The van der Waals surface area contributed by atoms with Crippen molar-refractivity contribution in [3.05, 3.63) is 42.1 Å². The first-order valence-electron chi connectivity index (χ1n) is 7.15. The fourth-order valence-corrected chi connectivity index (χ4v) is 2.94.